The number of hydrogen-bond acceptors (Lipinski definition) is 4. The number of rotatable bonds is 5. The monoisotopic (exact) mass is 413 g/mol. The van der Waals surface area contributed by atoms with Crippen LogP contribution in [0.4, 0.5) is 0 Å². The van der Waals surface area contributed by atoms with Crippen LogP contribution in [0, 0.1) is 11.3 Å². The topological polar surface area (TPSA) is 47.3 Å². The lowest BCUT2D eigenvalue weighted by atomic mass is 9.96. The Hall–Kier alpha value is -3.20. The normalized spacial score (nSPS) is 15.2. The van der Waals surface area contributed by atoms with Crippen molar-refractivity contribution >= 4 is 23.3 Å². The van der Waals surface area contributed by atoms with Gasteiger partial charge in [0.2, 0.25) is 0 Å². The van der Waals surface area contributed by atoms with Gasteiger partial charge in [-0.1, -0.05) is 66.7 Å². The lowest BCUT2D eigenvalue weighted by Gasteiger charge is -2.39. The van der Waals surface area contributed by atoms with Gasteiger partial charge in [-0.05, 0) is 28.6 Å². The number of amides is 1. The van der Waals surface area contributed by atoms with E-state index in [4.69, 9.17) is 0 Å². The highest BCUT2D eigenvalue weighted by molar-refractivity contribution is 7.10. The molecule has 0 radical (unpaired) electrons. The van der Waals surface area contributed by atoms with E-state index in [1.54, 1.807) is 11.0 Å². The maximum atomic E-state index is 12.9. The van der Waals surface area contributed by atoms with E-state index in [2.05, 4.69) is 59.5 Å². The molecular formula is C25H23N3OS. The molecule has 0 spiro atoms. The van der Waals surface area contributed by atoms with Gasteiger partial charge in [0.15, 0.2) is 0 Å². The summed E-state index contributed by atoms with van der Waals surface area (Å²) in [6.07, 6.45) is 1.69. The van der Waals surface area contributed by atoms with Crippen molar-refractivity contribution in [2.75, 3.05) is 26.2 Å². The maximum absolute atomic E-state index is 12.9. The Morgan fingerprint density at radius 1 is 0.900 bits per heavy atom. The van der Waals surface area contributed by atoms with E-state index < -0.39 is 0 Å². The number of carbonyl (C=O) groups excluding carboxylic acids is 1. The maximum Gasteiger partial charge on any atom is 0.264 e. The molecule has 3 aromatic rings. The summed E-state index contributed by atoms with van der Waals surface area (Å²) < 4.78 is 0. The number of hydrogen-bond donors (Lipinski definition) is 0. The summed E-state index contributed by atoms with van der Waals surface area (Å²) >= 11 is 1.52. The zero-order chi connectivity index (χ0) is 20.8. The van der Waals surface area contributed by atoms with Crippen molar-refractivity contribution in [2.24, 2.45) is 0 Å². The van der Waals surface area contributed by atoms with Crippen molar-refractivity contribution in [1.82, 2.24) is 9.80 Å². The van der Waals surface area contributed by atoms with E-state index in [1.165, 1.54) is 22.5 Å². The van der Waals surface area contributed by atoms with Gasteiger partial charge in [0.1, 0.15) is 11.6 Å². The zero-order valence-corrected chi connectivity index (χ0v) is 17.5. The predicted octanol–water partition coefficient (Wildman–Crippen LogP) is 4.59. The van der Waals surface area contributed by atoms with Crippen LogP contribution < -0.4 is 0 Å². The highest BCUT2D eigenvalue weighted by atomic mass is 32.1. The van der Waals surface area contributed by atoms with Crippen molar-refractivity contribution in [2.45, 2.75) is 6.04 Å². The van der Waals surface area contributed by atoms with E-state index in [-0.39, 0.29) is 17.5 Å². The second-order valence-corrected chi connectivity index (χ2v) is 8.22. The fraction of sp³-hybridized carbons (Fsp3) is 0.200. The summed E-state index contributed by atoms with van der Waals surface area (Å²) in [7, 11) is 0. The SMILES string of the molecule is N#CC(=Cc1cccs1)C(=O)N1CCN(C(c2ccccc2)c2ccccc2)CC1. The molecule has 5 heteroatoms. The molecule has 4 nitrogen and oxygen atoms in total. The van der Waals surface area contributed by atoms with E-state index in [0.717, 1.165) is 18.0 Å². The van der Waals surface area contributed by atoms with Crippen molar-refractivity contribution in [1.29, 1.82) is 5.26 Å². The van der Waals surface area contributed by atoms with Gasteiger partial charge < -0.3 is 4.90 Å². The summed E-state index contributed by atoms with van der Waals surface area (Å²) in [6, 6.07) is 27.1. The van der Waals surface area contributed by atoms with Crippen LogP contribution in [-0.4, -0.2) is 41.9 Å². The largest absolute Gasteiger partial charge is 0.335 e. The van der Waals surface area contributed by atoms with E-state index in [0.29, 0.717) is 13.1 Å². The van der Waals surface area contributed by atoms with Crippen LogP contribution in [-0.2, 0) is 4.79 Å². The van der Waals surface area contributed by atoms with Crippen LogP contribution in [0.25, 0.3) is 6.08 Å². The summed E-state index contributed by atoms with van der Waals surface area (Å²) in [5.74, 6) is -0.179. The number of benzene rings is 2. The average Bonchev–Trinajstić information content (AvgIpc) is 3.32. The molecule has 4 rings (SSSR count). The van der Waals surface area contributed by atoms with E-state index >= 15 is 0 Å². The molecule has 1 saturated heterocycles. The lowest BCUT2D eigenvalue weighted by molar-refractivity contribution is -0.128. The third-order valence-corrected chi connectivity index (χ3v) is 6.20. The van der Waals surface area contributed by atoms with Crippen LogP contribution in [0.1, 0.15) is 22.0 Å². The van der Waals surface area contributed by atoms with Crippen molar-refractivity contribution in [3.63, 3.8) is 0 Å². The van der Waals surface area contributed by atoms with Crippen LogP contribution in [0.15, 0.2) is 83.7 Å². The molecule has 1 fully saturated rings. The van der Waals surface area contributed by atoms with Gasteiger partial charge in [0.05, 0.1) is 6.04 Å². The molecule has 0 N–H and O–H groups in total. The Bertz CT molecular complexity index is 992. The van der Waals surface area contributed by atoms with Gasteiger partial charge in [-0.25, -0.2) is 0 Å². The first-order valence-corrected chi connectivity index (χ1v) is 10.9. The first-order valence-electron chi connectivity index (χ1n) is 10.0. The molecular weight excluding hydrogens is 390 g/mol. The first kappa shape index (κ1) is 20.1. The Morgan fingerprint density at radius 2 is 1.50 bits per heavy atom. The second kappa shape index (κ2) is 9.53. The molecule has 0 bridgehead atoms. The molecule has 150 valence electrons. The Labute approximate surface area is 181 Å². The van der Waals surface area contributed by atoms with E-state index in [1.807, 2.05) is 29.6 Å². The highest BCUT2D eigenvalue weighted by Gasteiger charge is 2.29. The van der Waals surface area contributed by atoms with Gasteiger partial charge in [0, 0.05) is 31.1 Å². The molecule has 2 heterocycles. The fourth-order valence-electron chi connectivity index (χ4n) is 3.90. The number of piperazine rings is 1. The summed E-state index contributed by atoms with van der Waals surface area (Å²) in [5.41, 5.74) is 2.70. The van der Waals surface area contributed by atoms with Crippen molar-refractivity contribution in [3.05, 3.63) is 99.8 Å². The smallest absolute Gasteiger partial charge is 0.264 e. The average molecular weight is 414 g/mol. The zero-order valence-electron chi connectivity index (χ0n) is 16.6. The Morgan fingerprint density at radius 3 is 2.00 bits per heavy atom. The number of thiophene rings is 1. The third-order valence-electron chi connectivity index (χ3n) is 5.38. The molecule has 0 saturated carbocycles. The Kier molecular flexibility index (Phi) is 6.38. The predicted molar refractivity (Wildman–Crippen MR) is 121 cm³/mol. The summed E-state index contributed by atoms with van der Waals surface area (Å²) in [4.78, 5) is 18.0. The first-order chi connectivity index (χ1) is 14.8. The minimum Gasteiger partial charge on any atom is -0.335 e. The molecule has 30 heavy (non-hydrogen) atoms. The fourth-order valence-corrected chi connectivity index (χ4v) is 4.55. The minimum atomic E-state index is -0.179. The number of nitriles is 1. The molecule has 0 aliphatic carbocycles. The van der Waals surface area contributed by atoms with Crippen LogP contribution in [0.2, 0.25) is 0 Å². The quantitative estimate of drug-likeness (QED) is 0.454. The van der Waals surface area contributed by atoms with Gasteiger partial charge in [-0.2, -0.15) is 5.26 Å². The van der Waals surface area contributed by atoms with Gasteiger partial charge in [-0.15, -0.1) is 11.3 Å². The van der Waals surface area contributed by atoms with E-state index in [9.17, 15) is 10.1 Å². The number of carbonyl (C=O) groups is 1. The van der Waals surface area contributed by atoms with Gasteiger partial charge >= 0.3 is 0 Å². The van der Waals surface area contributed by atoms with Crippen LogP contribution in [0.5, 0.6) is 0 Å². The van der Waals surface area contributed by atoms with Crippen molar-refractivity contribution < 1.29 is 4.79 Å². The second-order valence-electron chi connectivity index (χ2n) is 7.24. The Balaban J connectivity index is 1.50. The molecule has 1 aliphatic heterocycles. The molecule has 0 atom stereocenters. The molecule has 1 aromatic heterocycles. The van der Waals surface area contributed by atoms with Crippen molar-refractivity contribution in [3.8, 4) is 6.07 Å². The molecule has 0 unspecified atom stereocenters. The van der Waals surface area contributed by atoms with Gasteiger partial charge in [-0.3, -0.25) is 9.69 Å². The molecule has 2 aromatic carbocycles. The molecule has 1 amide bonds. The number of nitrogens with zero attached hydrogens (tertiary/aromatic N) is 3. The lowest BCUT2D eigenvalue weighted by Crippen LogP contribution is -2.50. The summed E-state index contributed by atoms with van der Waals surface area (Å²) in [5, 5.41) is 11.4. The van der Waals surface area contributed by atoms with Crippen LogP contribution >= 0.6 is 11.3 Å². The van der Waals surface area contributed by atoms with Crippen LogP contribution in [0.3, 0.4) is 0 Å². The van der Waals surface area contributed by atoms with Gasteiger partial charge in [0.25, 0.3) is 5.91 Å². The minimum absolute atomic E-state index is 0.154. The standard InChI is InChI=1S/C25H23N3OS/c26-19-22(18-23-12-7-17-30-23)25(29)28-15-13-27(14-16-28)24(20-8-3-1-4-9-20)21-10-5-2-6-11-21/h1-12,17-18,24H,13-16H2. The molecule has 1 aliphatic rings. The highest BCUT2D eigenvalue weighted by Crippen LogP contribution is 2.29. The summed E-state index contributed by atoms with van der Waals surface area (Å²) in [6.45, 7) is 2.74. The third kappa shape index (κ3) is 4.51.